The molecule has 0 amide bonds. The van der Waals surface area contributed by atoms with Gasteiger partial charge in [-0.15, -0.1) is 13.2 Å². The minimum atomic E-state index is -0.359. The number of rotatable bonds is 7. The number of benzene rings is 1. The zero-order valence-electron chi connectivity index (χ0n) is 12.2. The van der Waals surface area contributed by atoms with Crippen LogP contribution in [0.1, 0.15) is 11.6 Å². The molecule has 1 N–H and O–H groups in total. The van der Waals surface area contributed by atoms with Gasteiger partial charge in [-0.25, -0.2) is 0 Å². The molecule has 0 radical (unpaired) electrons. The van der Waals surface area contributed by atoms with Crippen molar-refractivity contribution in [3.63, 3.8) is 0 Å². The van der Waals surface area contributed by atoms with Gasteiger partial charge in [0.15, 0.2) is 0 Å². The predicted molar refractivity (Wildman–Crippen MR) is 85.2 cm³/mol. The van der Waals surface area contributed by atoms with Crippen LogP contribution in [-0.2, 0) is 0 Å². The standard InChI is InChI=1S/C17H19N3O/c1-4-8-20(9-5-2)17(11-18)15-12-19-16-7-6-13(21-3)10-14(15)16/h4-7,10,12,17,19H,1-2,8-9H2,3H3. The van der Waals surface area contributed by atoms with Crippen molar-refractivity contribution in [3.05, 3.63) is 55.3 Å². The maximum Gasteiger partial charge on any atom is 0.126 e. The Morgan fingerprint density at radius 3 is 2.67 bits per heavy atom. The van der Waals surface area contributed by atoms with Gasteiger partial charge in [0.05, 0.1) is 13.2 Å². The van der Waals surface area contributed by atoms with Crippen LogP contribution < -0.4 is 4.74 Å². The first-order valence-electron chi connectivity index (χ1n) is 6.75. The lowest BCUT2D eigenvalue weighted by atomic mass is 10.0. The summed E-state index contributed by atoms with van der Waals surface area (Å²) in [5.74, 6) is 0.777. The molecule has 0 saturated carbocycles. The molecule has 0 aliphatic rings. The Kier molecular flexibility index (Phi) is 4.81. The van der Waals surface area contributed by atoms with E-state index in [1.807, 2.05) is 29.3 Å². The van der Waals surface area contributed by atoms with Gasteiger partial charge < -0.3 is 9.72 Å². The van der Waals surface area contributed by atoms with E-state index in [9.17, 15) is 5.26 Å². The number of aromatic amines is 1. The molecule has 0 fully saturated rings. The van der Waals surface area contributed by atoms with E-state index in [0.29, 0.717) is 13.1 Å². The van der Waals surface area contributed by atoms with Crippen molar-refractivity contribution in [1.29, 1.82) is 5.26 Å². The fourth-order valence-corrected chi connectivity index (χ4v) is 2.44. The molecule has 0 aliphatic carbocycles. The molecule has 1 aromatic heterocycles. The zero-order chi connectivity index (χ0) is 15.2. The number of aromatic nitrogens is 1. The summed E-state index contributed by atoms with van der Waals surface area (Å²) in [5.41, 5.74) is 1.93. The maximum atomic E-state index is 9.60. The largest absolute Gasteiger partial charge is 0.497 e. The molecule has 21 heavy (non-hydrogen) atoms. The average molecular weight is 281 g/mol. The van der Waals surface area contributed by atoms with E-state index in [1.165, 1.54) is 0 Å². The molecule has 0 bridgehead atoms. The lowest BCUT2D eigenvalue weighted by Crippen LogP contribution is -2.28. The van der Waals surface area contributed by atoms with Crippen molar-refractivity contribution in [2.45, 2.75) is 6.04 Å². The lowest BCUT2D eigenvalue weighted by Gasteiger charge is -2.24. The van der Waals surface area contributed by atoms with Gasteiger partial charge in [0, 0.05) is 35.8 Å². The number of methoxy groups -OCH3 is 1. The van der Waals surface area contributed by atoms with E-state index in [1.54, 1.807) is 19.3 Å². The fourth-order valence-electron chi connectivity index (χ4n) is 2.44. The highest BCUT2D eigenvalue weighted by Gasteiger charge is 2.21. The fraction of sp³-hybridized carbons (Fsp3) is 0.235. The zero-order valence-corrected chi connectivity index (χ0v) is 12.2. The molecular formula is C17H19N3O. The molecule has 108 valence electrons. The highest BCUT2D eigenvalue weighted by molar-refractivity contribution is 5.85. The van der Waals surface area contributed by atoms with Gasteiger partial charge in [-0.3, -0.25) is 4.90 Å². The summed E-state index contributed by atoms with van der Waals surface area (Å²) in [7, 11) is 1.64. The van der Waals surface area contributed by atoms with Crippen LogP contribution in [0.25, 0.3) is 10.9 Å². The Bertz CT molecular complexity index is 671. The SMILES string of the molecule is C=CCN(CC=C)C(C#N)c1c[nH]c2ccc(OC)cc12. The minimum absolute atomic E-state index is 0.359. The van der Waals surface area contributed by atoms with Crippen molar-refractivity contribution < 1.29 is 4.74 Å². The molecule has 1 heterocycles. The van der Waals surface area contributed by atoms with Crippen LogP contribution in [0.5, 0.6) is 5.75 Å². The second-order valence-electron chi connectivity index (χ2n) is 4.72. The van der Waals surface area contributed by atoms with Gasteiger partial charge >= 0.3 is 0 Å². The van der Waals surface area contributed by atoms with Crippen molar-refractivity contribution in [1.82, 2.24) is 9.88 Å². The van der Waals surface area contributed by atoms with Crippen LogP contribution in [0.3, 0.4) is 0 Å². The number of hydrogen-bond acceptors (Lipinski definition) is 3. The van der Waals surface area contributed by atoms with Crippen LogP contribution in [0.15, 0.2) is 49.7 Å². The van der Waals surface area contributed by atoms with Gasteiger partial charge in [0.2, 0.25) is 0 Å². The van der Waals surface area contributed by atoms with E-state index in [0.717, 1.165) is 22.2 Å². The third-order valence-corrected chi connectivity index (χ3v) is 3.43. The van der Waals surface area contributed by atoms with Gasteiger partial charge in [-0.2, -0.15) is 5.26 Å². The van der Waals surface area contributed by atoms with Crippen LogP contribution in [0.2, 0.25) is 0 Å². The molecule has 4 heteroatoms. The Balaban J connectivity index is 2.48. The summed E-state index contributed by atoms with van der Waals surface area (Å²) in [6, 6.07) is 7.82. The Hall–Kier alpha value is -2.51. The molecule has 4 nitrogen and oxygen atoms in total. The Morgan fingerprint density at radius 1 is 1.38 bits per heavy atom. The van der Waals surface area contributed by atoms with E-state index >= 15 is 0 Å². The highest BCUT2D eigenvalue weighted by Crippen LogP contribution is 2.30. The molecule has 2 aromatic rings. The Labute approximate surface area is 124 Å². The Morgan fingerprint density at radius 2 is 2.10 bits per heavy atom. The number of nitrogens with zero attached hydrogens (tertiary/aromatic N) is 2. The molecule has 0 spiro atoms. The van der Waals surface area contributed by atoms with Gasteiger partial charge in [0.1, 0.15) is 11.8 Å². The molecule has 2 rings (SSSR count). The van der Waals surface area contributed by atoms with Gasteiger partial charge in [-0.05, 0) is 18.2 Å². The van der Waals surface area contributed by atoms with Crippen LogP contribution >= 0.6 is 0 Å². The summed E-state index contributed by atoms with van der Waals surface area (Å²) in [4.78, 5) is 5.22. The number of nitrogens with one attached hydrogen (secondary N) is 1. The van der Waals surface area contributed by atoms with Crippen molar-refractivity contribution in [2.24, 2.45) is 0 Å². The molecule has 1 aromatic carbocycles. The van der Waals surface area contributed by atoms with E-state index in [-0.39, 0.29) is 6.04 Å². The number of ether oxygens (including phenoxy) is 1. The second-order valence-corrected chi connectivity index (χ2v) is 4.72. The topological polar surface area (TPSA) is 52.0 Å². The number of nitriles is 1. The first-order valence-corrected chi connectivity index (χ1v) is 6.75. The second kappa shape index (κ2) is 6.78. The number of H-pyrrole nitrogens is 1. The summed E-state index contributed by atoms with van der Waals surface area (Å²) in [6.45, 7) is 8.77. The van der Waals surface area contributed by atoms with Crippen LogP contribution in [0, 0.1) is 11.3 Å². The molecule has 0 saturated heterocycles. The van der Waals surface area contributed by atoms with Gasteiger partial charge in [0.25, 0.3) is 0 Å². The quantitative estimate of drug-likeness (QED) is 0.791. The van der Waals surface area contributed by atoms with Gasteiger partial charge in [-0.1, -0.05) is 12.2 Å². The summed E-state index contributed by atoms with van der Waals surface area (Å²) in [6.07, 6.45) is 5.48. The summed E-state index contributed by atoms with van der Waals surface area (Å²) in [5, 5.41) is 10.6. The van der Waals surface area contributed by atoms with Crippen LogP contribution in [0.4, 0.5) is 0 Å². The molecule has 0 aliphatic heterocycles. The van der Waals surface area contributed by atoms with E-state index in [4.69, 9.17) is 4.74 Å². The van der Waals surface area contributed by atoms with Crippen molar-refractivity contribution in [2.75, 3.05) is 20.2 Å². The predicted octanol–water partition coefficient (Wildman–Crippen LogP) is 3.42. The van der Waals surface area contributed by atoms with E-state index < -0.39 is 0 Å². The molecule has 1 atom stereocenters. The summed E-state index contributed by atoms with van der Waals surface area (Å²) < 4.78 is 5.27. The maximum absolute atomic E-state index is 9.60. The third kappa shape index (κ3) is 2.99. The summed E-state index contributed by atoms with van der Waals surface area (Å²) >= 11 is 0. The van der Waals surface area contributed by atoms with Crippen molar-refractivity contribution >= 4 is 10.9 Å². The number of hydrogen-bond donors (Lipinski definition) is 1. The van der Waals surface area contributed by atoms with Crippen molar-refractivity contribution in [3.8, 4) is 11.8 Å². The highest BCUT2D eigenvalue weighted by atomic mass is 16.5. The number of fused-ring (bicyclic) bond motifs is 1. The lowest BCUT2D eigenvalue weighted by molar-refractivity contribution is 0.292. The minimum Gasteiger partial charge on any atom is -0.497 e. The molecular weight excluding hydrogens is 262 g/mol. The first-order chi connectivity index (χ1) is 10.2. The molecule has 1 unspecified atom stereocenters. The monoisotopic (exact) mass is 281 g/mol. The normalized spacial score (nSPS) is 12.0. The third-order valence-electron chi connectivity index (χ3n) is 3.43. The van der Waals surface area contributed by atoms with E-state index in [2.05, 4.69) is 24.2 Å². The first kappa shape index (κ1) is 14.9. The average Bonchev–Trinajstić information content (AvgIpc) is 2.91. The smallest absolute Gasteiger partial charge is 0.126 e. The van der Waals surface area contributed by atoms with Crippen LogP contribution in [-0.4, -0.2) is 30.1 Å².